The minimum atomic E-state index is -0.286. The maximum absolute atomic E-state index is 11.9. The summed E-state index contributed by atoms with van der Waals surface area (Å²) in [6.07, 6.45) is 3.18. The Morgan fingerprint density at radius 2 is 2.11 bits per heavy atom. The summed E-state index contributed by atoms with van der Waals surface area (Å²) in [5.41, 5.74) is 0.955. The Balaban J connectivity index is 2.09. The molecule has 0 amide bonds. The van der Waals surface area contributed by atoms with Crippen molar-refractivity contribution in [2.24, 2.45) is 0 Å². The van der Waals surface area contributed by atoms with Crippen LogP contribution in [0.1, 0.15) is 11.5 Å². The first kappa shape index (κ1) is 13.5. The second-order valence-electron chi connectivity index (χ2n) is 3.85. The summed E-state index contributed by atoms with van der Waals surface area (Å²) in [6.45, 7) is 0. The van der Waals surface area contributed by atoms with Gasteiger partial charge in [-0.1, -0.05) is 30.3 Å². The molecule has 2 aromatic rings. The maximum Gasteiger partial charge on any atom is 0.313 e. The topological polar surface area (TPSA) is 52.1 Å². The number of thioether (sulfide) groups is 1. The van der Waals surface area contributed by atoms with Crippen LogP contribution in [0.2, 0.25) is 0 Å². The molecular formula is C14H14N2O2S. The van der Waals surface area contributed by atoms with Gasteiger partial charge in [-0.2, -0.15) is 0 Å². The van der Waals surface area contributed by atoms with E-state index in [-0.39, 0.29) is 11.9 Å². The average molecular weight is 274 g/mol. The van der Waals surface area contributed by atoms with Crippen molar-refractivity contribution >= 4 is 17.7 Å². The fourth-order valence-corrected chi connectivity index (χ4v) is 2.61. The van der Waals surface area contributed by atoms with E-state index in [0.29, 0.717) is 5.75 Å². The number of carbonyl (C=O) groups excluding carboxylic acids is 1. The molecule has 1 aromatic heterocycles. The summed E-state index contributed by atoms with van der Waals surface area (Å²) in [6, 6.07) is 11.4. The third kappa shape index (κ3) is 3.79. The molecule has 0 radical (unpaired) electrons. The summed E-state index contributed by atoms with van der Waals surface area (Å²) in [5.74, 6) is 0.0761. The van der Waals surface area contributed by atoms with Gasteiger partial charge in [-0.25, -0.2) is 9.97 Å². The van der Waals surface area contributed by atoms with Crippen LogP contribution in [-0.2, 0) is 9.53 Å². The van der Waals surface area contributed by atoms with E-state index in [1.54, 1.807) is 6.20 Å². The van der Waals surface area contributed by atoms with E-state index >= 15 is 0 Å². The van der Waals surface area contributed by atoms with Gasteiger partial charge in [-0.3, -0.25) is 4.79 Å². The first-order valence-electron chi connectivity index (χ1n) is 5.83. The summed E-state index contributed by atoms with van der Waals surface area (Å²) in [5, 5.41) is 0.847. The summed E-state index contributed by atoms with van der Waals surface area (Å²) in [4.78, 5) is 19.9. The number of benzene rings is 1. The van der Waals surface area contributed by atoms with Crippen LogP contribution in [0.5, 0.6) is 0 Å². The molecule has 0 N–H and O–H groups in total. The van der Waals surface area contributed by atoms with Crippen LogP contribution in [0.25, 0.3) is 0 Å². The molecule has 0 saturated carbocycles. The van der Waals surface area contributed by atoms with Crippen LogP contribution in [0.15, 0.2) is 53.9 Å². The van der Waals surface area contributed by atoms with Crippen molar-refractivity contribution in [1.29, 1.82) is 0 Å². The first-order valence-corrected chi connectivity index (χ1v) is 6.81. The zero-order valence-corrected chi connectivity index (χ0v) is 11.3. The van der Waals surface area contributed by atoms with Crippen molar-refractivity contribution in [2.45, 2.75) is 10.9 Å². The van der Waals surface area contributed by atoms with E-state index in [2.05, 4.69) is 9.97 Å². The Morgan fingerprint density at radius 1 is 1.32 bits per heavy atom. The highest BCUT2D eigenvalue weighted by atomic mass is 32.2. The zero-order valence-electron chi connectivity index (χ0n) is 10.5. The average Bonchev–Trinajstić information content (AvgIpc) is 2.49. The molecular weight excluding hydrogens is 260 g/mol. The Morgan fingerprint density at radius 3 is 2.74 bits per heavy atom. The zero-order chi connectivity index (χ0) is 13.5. The highest BCUT2D eigenvalue weighted by Crippen LogP contribution is 2.25. The molecule has 4 nitrogen and oxygen atoms in total. The Hall–Kier alpha value is -1.88. The molecule has 0 aliphatic carbocycles. The normalized spacial score (nSPS) is 11.8. The molecule has 0 spiro atoms. The Bertz CT molecular complexity index is 519. The van der Waals surface area contributed by atoms with Gasteiger partial charge in [0.15, 0.2) is 0 Å². The van der Waals surface area contributed by atoms with Crippen LogP contribution in [0.4, 0.5) is 0 Å². The van der Waals surface area contributed by atoms with Gasteiger partial charge >= 0.3 is 5.97 Å². The van der Waals surface area contributed by atoms with Gasteiger partial charge in [0, 0.05) is 11.9 Å². The van der Waals surface area contributed by atoms with Crippen LogP contribution < -0.4 is 0 Å². The summed E-state index contributed by atoms with van der Waals surface area (Å²) >= 11 is 1.52. The molecule has 0 saturated heterocycles. The largest absolute Gasteiger partial charge is 0.469 e. The molecule has 19 heavy (non-hydrogen) atoms. The Kier molecular flexibility index (Phi) is 4.92. The molecule has 98 valence electrons. The van der Waals surface area contributed by atoms with E-state index in [9.17, 15) is 4.79 Å². The molecule has 1 heterocycles. The van der Waals surface area contributed by atoms with Crippen LogP contribution >= 0.6 is 11.8 Å². The highest BCUT2D eigenvalue weighted by Gasteiger charge is 2.21. The van der Waals surface area contributed by atoms with Gasteiger partial charge in [-0.05, 0) is 11.6 Å². The highest BCUT2D eigenvalue weighted by molar-refractivity contribution is 7.99. The molecule has 0 aliphatic rings. The fraction of sp³-hybridized carbons (Fsp3) is 0.214. The quantitative estimate of drug-likeness (QED) is 0.476. The van der Waals surface area contributed by atoms with Gasteiger partial charge in [0.1, 0.15) is 6.33 Å². The summed E-state index contributed by atoms with van der Waals surface area (Å²) in [7, 11) is 1.41. The molecule has 1 unspecified atom stereocenters. The fourth-order valence-electron chi connectivity index (χ4n) is 1.66. The summed E-state index contributed by atoms with van der Waals surface area (Å²) < 4.78 is 4.87. The molecule has 2 rings (SSSR count). The number of methoxy groups -OCH3 is 1. The number of rotatable bonds is 5. The standard InChI is InChI=1S/C14H14N2O2S/c1-18-14(17)12(11-5-3-2-4-6-11)9-19-13-7-8-15-10-16-13/h2-8,10,12H,9H2,1H3. The van der Waals surface area contributed by atoms with E-state index in [4.69, 9.17) is 4.74 Å². The first-order chi connectivity index (χ1) is 9.31. The lowest BCUT2D eigenvalue weighted by Gasteiger charge is -2.14. The number of ether oxygens (including phenoxy) is 1. The molecule has 1 atom stereocenters. The monoisotopic (exact) mass is 274 g/mol. The van der Waals surface area contributed by atoms with Gasteiger partial charge in [0.2, 0.25) is 0 Å². The van der Waals surface area contributed by atoms with Crippen molar-refractivity contribution in [3.05, 3.63) is 54.5 Å². The van der Waals surface area contributed by atoms with E-state index < -0.39 is 0 Å². The predicted molar refractivity (Wildman–Crippen MR) is 74.0 cm³/mol. The van der Waals surface area contributed by atoms with E-state index in [1.165, 1.54) is 25.2 Å². The molecule has 0 bridgehead atoms. The number of aromatic nitrogens is 2. The molecule has 1 aromatic carbocycles. The number of nitrogens with zero attached hydrogens (tertiary/aromatic N) is 2. The third-order valence-corrected chi connectivity index (χ3v) is 3.68. The number of hydrogen-bond acceptors (Lipinski definition) is 5. The van der Waals surface area contributed by atoms with Crippen molar-refractivity contribution in [2.75, 3.05) is 12.9 Å². The third-order valence-electron chi connectivity index (χ3n) is 2.64. The second-order valence-corrected chi connectivity index (χ2v) is 4.89. The minimum Gasteiger partial charge on any atom is -0.469 e. The van der Waals surface area contributed by atoms with Crippen molar-refractivity contribution in [3.8, 4) is 0 Å². The maximum atomic E-state index is 11.9. The Labute approximate surface area is 116 Å². The lowest BCUT2D eigenvalue weighted by atomic mass is 10.0. The smallest absolute Gasteiger partial charge is 0.313 e. The van der Waals surface area contributed by atoms with Crippen LogP contribution in [0.3, 0.4) is 0 Å². The minimum absolute atomic E-state index is 0.229. The van der Waals surface area contributed by atoms with Crippen molar-refractivity contribution in [3.63, 3.8) is 0 Å². The lowest BCUT2D eigenvalue weighted by molar-refractivity contribution is -0.141. The number of hydrogen-bond donors (Lipinski definition) is 0. The number of carbonyl (C=O) groups is 1. The molecule has 0 aliphatic heterocycles. The van der Waals surface area contributed by atoms with Gasteiger partial charge < -0.3 is 4.74 Å². The second kappa shape index (κ2) is 6.89. The molecule has 5 heteroatoms. The van der Waals surface area contributed by atoms with Crippen LogP contribution in [-0.4, -0.2) is 28.8 Å². The molecule has 0 fully saturated rings. The van der Waals surface area contributed by atoms with Gasteiger partial charge in [-0.15, -0.1) is 11.8 Å². The van der Waals surface area contributed by atoms with E-state index in [1.807, 2.05) is 36.4 Å². The van der Waals surface area contributed by atoms with Gasteiger partial charge in [0.25, 0.3) is 0 Å². The van der Waals surface area contributed by atoms with Crippen LogP contribution in [0, 0.1) is 0 Å². The van der Waals surface area contributed by atoms with E-state index in [0.717, 1.165) is 10.6 Å². The van der Waals surface area contributed by atoms with Crippen molar-refractivity contribution in [1.82, 2.24) is 9.97 Å². The predicted octanol–water partition coefficient (Wildman–Crippen LogP) is 2.53. The van der Waals surface area contributed by atoms with Crippen molar-refractivity contribution < 1.29 is 9.53 Å². The van der Waals surface area contributed by atoms with Gasteiger partial charge in [0.05, 0.1) is 18.1 Å². The SMILES string of the molecule is COC(=O)C(CSc1ccncn1)c1ccccc1. The lowest BCUT2D eigenvalue weighted by Crippen LogP contribution is -2.16. The number of esters is 1.